The monoisotopic (exact) mass is 301 g/mol. The molecule has 1 fully saturated rings. The Hall–Kier alpha value is -1.07. The molecule has 0 spiro atoms. The molecule has 2 nitrogen and oxygen atoms in total. The van der Waals surface area contributed by atoms with Gasteiger partial charge in [-0.05, 0) is 32.9 Å². The summed E-state index contributed by atoms with van der Waals surface area (Å²) in [5.41, 5.74) is -0.431. The molecule has 0 bridgehead atoms. The predicted octanol–water partition coefficient (Wildman–Crippen LogP) is 4.10. The van der Waals surface area contributed by atoms with E-state index in [4.69, 9.17) is 4.74 Å². The summed E-state index contributed by atoms with van der Waals surface area (Å²) < 4.78 is 46.8. The lowest BCUT2D eigenvalue weighted by Crippen LogP contribution is -2.47. The molecule has 0 aliphatic heterocycles. The van der Waals surface area contributed by atoms with Crippen molar-refractivity contribution >= 4 is 0 Å². The number of nitrogens with one attached hydrogen (secondary N) is 1. The maximum atomic E-state index is 14.2. The van der Waals surface area contributed by atoms with Crippen LogP contribution in [-0.4, -0.2) is 19.3 Å². The van der Waals surface area contributed by atoms with Crippen LogP contribution in [0.25, 0.3) is 0 Å². The lowest BCUT2D eigenvalue weighted by molar-refractivity contribution is -0.0905. The second kappa shape index (κ2) is 6.79. The van der Waals surface area contributed by atoms with Gasteiger partial charge in [0.1, 0.15) is 0 Å². The van der Waals surface area contributed by atoms with Gasteiger partial charge in [-0.1, -0.05) is 25.3 Å². The number of hydrogen-bond donors (Lipinski definition) is 1. The Morgan fingerprint density at radius 2 is 1.81 bits per heavy atom. The van der Waals surface area contributed by atoms with Gasteiger partial charge in [0, 0.05) is 12.2 Å². The van der Waals surface area contributed by atoms with Gasteiger partial charge in [0.15, 0.2) is 17.5 Å². The van der Waals surface area contributed by atoms with Gasteiger partial charge in [0.2, 0.25) is 0 Å². The van der Waals surface area contributed by atoms with Gasteiger partial charge in [-0.2, -0.15) is 0 Å². The normalized spacial score (nSPS) is 19.5. The van der Waals surface area contributed by atoms with Crippen LogP contribution in [0.1, 0.15) is 50.6 Å². The molecule has 0 heterocycles. The minimum Gasteiger partial charge on any atom is -0.373 e. The highest BCUT2D eigenvalue weighted by molar-refractivity contribution is 5.26. The summed E-state index contributed by atoms with van der Waals surface area (Å²) >= 11 is 0. The molecule has 0 amide bonds. The predicted molar refractivity (Wildman–Crippen MR) is 75.6 cm³/mol. The van der Waals surface area contributed by atoms with Crippen LogP contribution in [0.2, 0.25) is 0 Å². The minimum atomic E-state index is -1.42. The van der Waals surface area contributed by atoms with Crippen molar-refractivity contribution in [3.8, 4) is 0 Å². The van der Waals surface area contributed by atoms with Gasteiger partial charge in [0.05, 0.1) is 11.6 Å². The Kier molecular flexibility index (Phi) is 5.27. The van der Waals surface area contributed by atoms with Gasteiger partial charge >= 0.3 is 0 Å². The van der Waals surface area contributed by atoms with E-state index in [2.05, 4.69) is 5.32 Å². The van der Waals surface area contributed by atoms with Crippen molar-refractivity contribution < 1.29 is 17.9 Å². The summed E-state index contributed by atoms with van der Waals surface area (Å²) in [6.07, 6.45) is 4.66. The Morgan fingerprint density at radius 3 is 2.38 bits per heavy atom. The van der Waals surface area contributed by atoms with E-state index in [0.29, 0.717) is 6.61 Å². The topological polar surface area (TPSA) is 21.3 Å². The SMILES string of the molecule is CCOC1(C(NC)c2ccc(F)c(F)c2F)CCCCC1. The molecule has 118 valence electrons. The number of benzene rings is 1. The van der Waals surface area contributed by atoms with Crippen molar-refractivity contribution in [1.29, 1.82) is 0 Å². The summed E-state index contributed by atoms with van der Waals surface area (Å²) in [5.74, 6) is -3.71. The van der Waals surface area contributed by atoms with Crippen molar-refractivity contribution in [1.82, 2.24) is 5.32 Å². The van der Waals surface area contributed by atoms with Gasteiger partial charge < -0.3 is 10.1 Å². The molecule has 5 heteroatoms. The first kappa shape index (κ1) is 16.3. The smallest absolute Gasteiger partial charge is 0.194 e. The zero-order valence-corrected chi connectivity index (χ0v) is 12.5. The lowest BCUT2D eigenvalue weighted by Gasteiger charge is -2.43. The van der Waals surface area contributed by atoms with E-state index >= 15 is 0 Å². The fraction of sp³-hybridized carbons (Fsp3) is 0.625. The van der Waals surface area contributed by atoms with Crippen LogP contribution in [0.5, 0.6) is 0 Å². The Balaban J connectivity index is 2.43. The van der Waals surface area contributed by atoms with Crippen LogP contribution in [0, 0.1) is 17.5 Å². The number of halogens is 3. The van der Waals surface area contributed by atoms with Gasteiger partial charge in [-0.25, -0.2) is 13.2 Å². The van der Waals surface area contributed by atoms with Crippen molar-refractivity contribution in [2.45, 2.75) is 50.7 Å². The first-order valence-electron chi connectivity index (χ1n) is 7.50. The molecule has 1 saturated carbocycles. The third-order valence-corrected chi connectivity index (χ3v) is 4.32. The van der Waals surface area contributed by atoms with Crippen LogP contribution < -0.4 is 5.32 Å². The summed E-state index contributed by atoms with van der Waals surface area (Å²) in [7, 11) is 1.70. The first-order chi connectivity index (χ1) is 10.1. The standard InChI is InChI=1S/C16H22F3NO/c1-3-21-16(9-5-4-6-10-16)15(20-2)11-7-8-12(17)14(19)13(11)18/h7-8,15,20H,3-6,9-10H2,1-2H3. The van der Waals surface area contributed by atoms with Crippen LogP contribution in [0.4, 0.5) is 13.2 Å². The van der Waals surface area contributed by atoms with E-state index in [1.165, 1.54) is 6.07 Å². The highest BCUT2D eigenvalue weighted by Crippen LogP contribution is 2.42. The maximum absolute atomic E-state index is 14.2. The first-order valence-corrected chi connectivity index (χ1v) is 7.50. The average molecular weight is 301 g/mol. The molecule has 0 saturated heterocycles. The van der Waals surface area contributed by atoms with Crippen molar-refractivity contribution in [2.75, 3.05) is 13.7 Å². The van der Waals surface area contributed by atoms with E-state index in [0.717, 1.165) is 38.2 Å². The van der Waals surface area contributed by atoms with E-state index in [-0.39, 0.29) is 5.56 Å². The number of likely N-dealkylation sites (N-methyl/N-ethyl adjacent to an activating group) is 1. The van der Waals surface area contributed by atoms with Crippen LogP contribution >= 0.6 is 0 Å². The lowest BCUT2D eigenvalue weighted by atomic mass is 9.76. The van der Waals surface area contributed by atoms with Crippen molar-refractivity contribution in [3.05, 3.63) is 35.1 Å². The van der Waals surface area contributed by atoms with Gasteiger partial charge in [-0.15, -0.1) is 0 Å². The third kappa shape index (κ3) is 3.09. The fourth-order valence-corrected chi connectivity index (χ4v) is 3.42. The second-order valence-corrected chi connectivity index (χ2v) is 5.54. The van der Waals surface area contributed by atoms with E-state index in [9.17, 15) is 13.2 Å². The Labute approximate surface area is 123 Å². The summed E-state index contributed by atoms with van der Waals surface area (Å²) in [5, 5.41) is 3.05. The molecule has 1 atom stereocenters. The molecule has 21 heavy (non-hydrogen) atoms. The van der Waals surface area contributed by atoms with Gasteiger partial charge in [-0.3, -0.25) is 0 Å². The molecule has 1 unspecified atom stereocenters. The average Bonchev–Trinajstić information content (AvgIpc) is 2.49. The molecule has 1 aromatic rings. The molecular formula is C16H22F3NO. The minimum absolute atomic E-state index is 0.131. The van der Waals surface area contributed by atoms with Crippen molar-refractivity contribution in [2.24, 2.45) is 0 Å². The molecule has 1 N–H and O–H groups in total. The quantitative estimate of drug-likeness (QED) is 0.827. The highest BCUT2D eigenvalue weighted by Gasteiger charge is 2.42. The van der Waals surface area contributed by atoms with Crippen LogP contribution in [0.15, 0.2) is 12.1 Å². The third-order valence-electron chi connectivity index (χ3n) is 4.32. The van der Waals surface area contributed by atoms with Gasteiger partial charge in [0.25, 0.3) is 0 Å². The molecular weight excluding hydrogens is 279 g/mol. The van der Waals surface area contributed by atoms with E-state index in [1.54, 1.807) is 7.05 Å². The van der Waals surface area contributed by atoms with Crippen LogP contribution in [-0.2, 0) is 4.74 Å². The molecule has 1 aromatic carbocycles. The number of rotatable bonds is 5. The zero-order valence-electron chi connectivity index (χ0n) is 12.5. The maximum Gasteiger partial charge on any atom is 0.194 e. The molecule has 1 aliphatic rings. The van der Waals surface area contributed by atoms with Crippen molar-refractivity contribution in [3.63, 3.8) is 0 Å². The van der Waals surface area contributed by atoms with Crippen LogP contribution in [0.3, 0.4) is 0 Å². The highest BCUT2D eigenvalue weighted by atomic mass is 19.2. The second-order valence-electron chi connectivity index (χ2n) is 5.54. The number of ether oxygens (including phenoxy) is 1. The Morgan fingerprint density at radius 1 is 1.14 bits per heavy atom. The molecule has 1 aliphatic carbocycles. The molecule has 0 aromatic heterocycles. The summed E-state index contributed by atoms with van der Waals surface area (Å²) in [6, 6.07) is 1.79. The largest absolute Gasteiger partial charge is 0.373 e. The molecule has 0 radical (unpaired) electrons. The number of hydrogen-bond acceptors (Lipinski definition) is 2. The van der Waals surface area contributed by atoms with E-state index < -0.39 is 29.1 Å². The fourth-order valence-electron chi connectivity index (χ4n) is 3.42. The molecule has 2 rings (SSSR count). The van der Waals surface area contributed by atoms with E-state index in [1.807, 2.05) is 6.92 Å². The summed E-state index contributed by atoms with van der Waals surface area (Å²) in [6.45, 7) is 2.40. The summed E-state index contributed by atoms with van der Waals surface area (Å²) in [4.78, 5) is 0. The Bertz CT molecular complexity index is 481. The zero-order chi connectivity index (χ0) is 15.5.